The van der Waals surface area contributed by atoms with Crippen LogP contribution >= 0.6 is 0 Å². The molecule has 5 heteroatoms. The first-order valence-electron chi connectivity index (χ1n) is 5.82. The van der Waals surface area contributed by atoms with Crippen molar-refractivity contribution in [3.8, 4) is 0 Å². The molecule has 1 heterocycles. The fourth-order valence-electron chi connectivity index (χ4n) is 2.01. The molecule has 18 heavy (non-hydrogen) atoms. The lowest BCUT2D eigenvalue weighted by Crippen LogP contribution is -1.92. The summed E-state index contributed by atoms with van der Waals surface area (Å²) in [6, 6.07) is 4.77. The Morgan fingerprint density at radius 3 is 2.89 bits per heavy atom. The van der Waals surface area contributed by atoms with E-state index in [0.717, 1.165) is 29.3 Å². The number of nitro benzene ring substituents is 1. The van der Waals surface area contributed by atoms with Gasteiger partial charge in [-0.3, -0.25) is 10.1 Å². The van der Waals surface area contributed by atoms with Crippen LogP contribution in [0.2, 0.25) is 0 Å². The van der Waals surface area contributed by atoms with Crippen LogP contribution in [0.25, 0.3) is 10.9 Å². The van der Waals surface area contributed by atoms with Crippen molar-refractivity contribution in [3.05, 3.63) is 40.1 Å². The minimum absolute atomic E-state index is 0.0925. The number of nitrogens with one attached hydrogen (secondary N) is 1. The molecule has 0 unspecified atom stereocenters. The van der Waals surface area contributed by atoms with Gasteiger partial charge in [-0.05, 0) is 31.4 Å². The maximum Gasteiger partial charge on any atom is 0.270 e. The Morgan fingerprint density at radius 1 is 1.44 bits per heavy atom. The largest absolute Gasteiger partial charge is 0.361 e. The van der Waals surface area contributed by atoms with E-state index in [1.165, 1.54) is 6.07 Å². The van der Waals surface area contributed by atoms with E-state index in [2.05, 4.69) is 4.98 Å². The number of non-ortho nitro benzene ring substituents is 1. The number of nitro groups is 1. The molecule has 1 aromatic heterocycles. The first-order valence-corrected chi connectivity index (χ1v) is 5.82. The van der Waals surface area contributed by atoms with Crippen molar-refractivity contribution < 1.29 is 9.72 Å². The van der Waals surface area contributed by atoms with Crippen LogP contribution in [0.4, 0.5) is 5.69 Å². The van der Waals surface area contributed by atoms with Crippen molar-refractivity contribution >= 4 is 22.4 Å². The Kier molecular flexibility index (Phi) is 3.41. The molecule has 0 spiro atoms. The lowest BCUT2D eigenvalue weighted by molar-refractivity contribution is -0.384. The molecule has 2 aromatic rings. The summed E-state index contributed by atoms with van der Waals surface area (Å²) in [5, 5.41) is 11.6. The maximum atomic E-state index is 10.9. The van der Waals surface area contributed by atoms with Crippen LogP contribution < -0.4 is 0 Å². The van der Waals surface area contributed by atoms with Crippen molar-refractivity contribution in [3.63, 3.8) is 0 Å². The second kappa shape index (κ2) is 5.00. The molecule has 1 N–H and O–H groups in total. The number of aromatic amines is 1. The number of carbonyl (C=O) groups is 1. The van der Waals surface area contributed by atoms with Gasteiger partial charge in [0.2, 0.25) is 0 Å². The van der Waals surface area contributed by atoms with Crippen molar-refractivity contribution in [2.75, 3.05) is 0 Å². The lowest BCUT2D eigenvalue weighted by atomic mass is 10.1. The number of rotatable bonds is 5. The number of ketones is 1. The minimum Gasteiger partial charge on any atom is -0.361 e. The SMILES string of the molecule is CC(=O)CCCc1c[nH]c2ccc([N+](=O)[O-])cc12. The molecule has 0 atom stereocenters. The zero-order valence-corrected chi connectivity index (χ0v) is 10.1. The summed E-state index contributed by atoms with van der Waals surface area (Å²) in [6.07, 6.45) is 3.92. The predicted molar refractivity (Wildman–Crippen MR) is 68.6 cm³/mol. The molecule has 0 aliphatic heterocycles. The normalized spacial score (nSPS) is 10.7. The zero-order chi connectivity index (χ0) is 13.1. The average Bonchev–Trinajstić information content (AvgIpc) is 2.71. The van der Waals surface area contributed by atoms with Crippen LogP contribution in [0.1, 0.15) is 25.3 Å². The molecule has 5 nitrogen and oxygen atoms in total. The Hall–Kier alpha value is -2.17. The highest BCUT2D eigenvalue weighted by Gasteiger charge is 2.10. The van der Waals surface area contributed by atoms with Crippen molar-refractivity contribution in [1.82, 2.24) is 4.98 Å². The number of H-pyrrole nitrogens is 1. The highest BCUT2D eigenvalue weighted by Crippen LogP contribution is 2.24. The van der Waals surface area contributed by atoms with Crippen LogP contribution in [0.15, 0.2) is 24.4 Å². The first-order chi connectivity index (χ1) is 8.58. The quantitative estimate of drug-likeness (QED) is 0.650. The average molecular weight is 246 g/mol. The standard InChI is InChI=1S/C13H14N2O3/c1-9(16)3-2-4-10-8-14-13-6-5-11(15(17)18)7-12(10)13/h5-8,14H,2-4H2,1H3. The lowest BCUT2D eigenvalue weighted by Gasteiger charge is -1.98. The number of fused-ring (bicyclic) bond motifs is 1. The van der Waals surface area contributed by atoms with Gasteiger partial charge in [0.1, 0.15) is 5.78 Å². The summed E-state index contributed by atoms with van der Waals surface area (Å²) >= 11 is 0. The number of aromatic nitrogens is 1. The Morgan fingerprint density at radius 2 is 2.22 bits per heavy atom. The number of nitrogens with zero attached hydrogens (tertiary/aromatic N) is 1. The van der Waals surface area contributed by atoms with Crippen LogP contribution in [0.5, 0.6) is 0 Å². The monoisotopic (exact) mass is 246 g/mol. The van der Waals surface area contributed by atoms with E-state index < -0.39 is 4.92 Å². The summed E-state index contributed by atoms with van der Waals surface area (Å²) in [6.45, 7) is 1.57. The molecule has 0 aliphatic rings. The first kappa shape index (κ1) is 12.3. The number of hydrogen-bond acceptors (Lipinski definition) is 3. The molecule has 94 valence electrons. The molecule has 0 fully saturated rings. The van der Waals surface area contributed by atoms with Crippen molar-refractivity contribution in [2.45, 2.75) is 26.2 Å². The van der Waals surface area contributed by atoms with E-state index in [0.29, 0.717) is 6.42 Å². The van der Waals surface area contributed by atoms with Crippen LogP contribution in [-0.4, -0.2) is 15.7 Å². The topological polar surface area (TPSA) is 76.0 Å². The Balaban J connectivity index is 2.25. The number of hydrogen-bond donors (Lipinski definition) is 1. The predicted octanol–water partition coefficient (Wildman–Crippen LogP) is 2.99. The van der Waals surface area contributed by atoms with Gasteiger partial charge in [0, 0.05) is 35.7 Å². The smallest absolute Gasteiger partial charge is 0.270 e. The Labute approximate surface area is 104 Å². The van der Waals surface area contributed by atoms with E-state index in [-0.39, 0.29) is 11.5 Å². The summed E-state index contributed by atoms with van der Waals surface area (Å²) in [5.74, 6) is 0.167. The van der Waals surface area contributed by atoms with Gasteiger partial charge in [-0.2, -0.15) is 0 Å². The van der Waals surface area contributed by atoms with Gasteiger partial charge in [-0.25, -0.2) is 0 Å². The molecule has 0 saturated carbocycles. The van der Waals surface area contributed by atoms with Gasteiger partial charge in [-0.1, -0.05) is 0 Å². The number of benzene rings is 1. The number of Topliss-reactive ketones (excluding diaryl/α,β-unsaturated/α-hetero) is 1. The van der Waals surface area contributed by atoms with Crippen LogP contribution in [0, 0.1) is 10.1 Å². The molecule has 0 bridgehead atoms. The summed E-state index contributed by atoms with van der Waals surface area (Å²) in [4.78, 5) is 24.3. The van der Waals surface area contributed by atoms with E-state index >= 15 is 0 Å². The number of aryl methyl sites for hydroxylation is 1. The van der Waals surface area contributed by atoms with Crippen LogP contribution in [-0.2, 0) is 11.2 Å². The summed E-state index contributed by atoms with van der Waals surface area (Å²) < 4.78 is 0. The third-order valence-corrected chi connectivity index (χ3v) is 2.94. The molecular weight excluding hydrogens is 232 g/mol. The third-order valence-electron chi connectivity index (χ3n) is 2.94. The maximum absolute atomic E-state index is 10.9. The van der Waals surface area contributed by atoms with E-state index in [1.54, 1.807) is 19.1 Å². The fraction of sp³-hybridized carbons (Fsp3) is 0.308. The third kappa shape index (κ3) is 2.56. The van der Waals surface area contributed by atoms with Gasteiger partial charge >= 0.3 is 0 Å². The van der Waals surface area contributed by atoms with Crippen molar-refractivity contribution in [1.29, 1.82) is 0 Å². The van der Waals surface area contributed by atoms with Gasteiger partial charge in [-0.15, -0.1) is 0 Å². The highest BCUT2D eigenvalue weighted by molar-refractivity contribution is 5.85. The molecule has 0 amide bonds. The van der Waals surface area contributed by atoms with Gasteiger partial charge in [0.25, 0.3) is 5.69 Å². The summed E-state index contributed by atoms with van der Waals surface area (Å²) in [7, 11) is 0. The van der Waals surface area contributed by atoms with E-state index in [4.69, 9.17) is 0 Å². The second-order valence-electron chi connectivity index (χ2n) is 4.36. The summed E-state index contributed by atoms with van der Waals surface area (Å²) in [5.41, 5.74) is 2.00. The second-order valence-corrected chi connectivity index (χ2v) is 4.36. The molecular formula is C13H14N2O3. The van der Waals surface area contributed by atoms with Crippen molar-refractivity contribution in [2.24, 2.45) is 0 Å². The molecule has 2 rings (SSSR count). The van der Waals surface area contributed by atoms with Crippen LogP contribution in [0.3, 0.4) is 0 Å². The zero-order valence-electron chi connectivity index (χ0n) is 10.1. The number of carbonyl (C=O) groups excluding carboxylic acids is 1. The minimum atomic E-state index is -0.397. The molecule has 0 saturated heterocycles. The Bertz CT molecular complexity index is 601. The molecule has 0 aliphatic carbocycles. The molecule has 0 radical (unpaired) electrons. The van der Waals surface area contributed by atoms with E-state index in [1.807, 2.05) is 6.20 Å². The molecule has 1 aromatic carbocycles. The fourth-order valence-corrected chi connectivity index (χ4v) is 2.01. The highest BCUT2D eigenvalue weighted by atomic mass is 16.6. The van der Waals surface area contributed by atoms with Gasteiger partial charge in [0.15, 0.2) is 0 Å². The van der Waals surface area contributed by atoms with Gasteiger partial charge < -0.3 is 9.78 Å². The van der Waals surface area contributed by atoms with E-state index in [9.17, 15) is 14.9 Å². The van der Waals surface area contributed by atoms with Gasteiger partial charge in [0.05, 0.1) is 4.92 Å².